The first-order valence-electron chi connectivity index (χ1n) is 18.4. The first-order chi connectivity index (χ1) is 24.6. The van der Waals surface area contributed by atoms with Gasteiger partial charge in [-0.3, -0.25) is 0 Å². The van der Waals surface area contributed by atoms with Gasteiger partial charge in [0.15, 0.2) is 6.23 Å². The third kappa shape index (κ3) is 6.55. The largest absolute Gasteiger partial charge is 0.492 e. The molecule has 3 saturated heterocycles. The molecule has 2 atom stereocenters. The van der Waals surface area contributed by atoms with E-state index in [1.54, 1.807) is 4.90 Å². The number of carbonyl (C=O) groups is 1. The van der Waals surface area contributed by atoms with Gasteiger partial charge in [-0.2, -0.15) is 15.1 Å². The van der Waals surface area contributed by atoms with E-state index in [0.717, 1.165) is 107 Å². The first kappa shape index (κ1) is 34.2. The van der Waals surface area contributed by atoms with Crippen LogP contribution in [-0.4, -0.2) is 107 Å². The van der Waals surface area contributed by atoms with Crippen molar-refractivity contribution >= 4 is 45.3 Å². The number of likely N-dealkylation sites (tertiary alicyclic amines) is 1. The van der Waals surface area contributed by atoms with E-state index in [4.69, 9.17) is 45.6 Å². The topological polar surface area (TPSA) is 107 Å². The van der Waals surface area contributed by atoms with Crippen LogP contribution in [0, 0.1) is 6.92 Å². The van der Waals surface area contributed by atoms with Gasteiger partial charge in [0.2, 0.25) is 0 Å². The van der Waals surface area contributed by atoms with Gasteiger partial charge in [0.25, 0.3) is 0 Å². The van der Waals surface area contributed by atoms with E-state index in [1.165, 1.54) is 0 Å². The Labute approximate surface area is 303 Å². The number of nitrogens with zero attached hydrogens (tertiary/aromatic N) is 7. The minimum atomic E-state index is -0.555. The highest BCUT2D eigenvalue weighted by molar-refractivity contribution is 6.36. The number of fused-ring (bicyclic) bond motifs is 4. The fourth-order valence-electron chi connectivity index (χ4n) is 7.93. The molecule has 4 aromatic rings. The molecule has 13 heteroatoms. The standard InChI is InChI=1S/C38H48ClN7O5/c1-23-19-29-27(21-40-46(29)30-10-6-7-17-48-30)31(33(23)39)26-20-28-32(34-25(26)11-18-49-34)35(42-36(41-28)50-22-24-9-8-12-43(24)5)44-13-15-45(16-14-44)37(47)51-38(2,3)4/h19-21,24,30H,6-18,22H2,1-5H3/t24-,30?/m0/s1. The normalized spacial score (nSPS) is 21.4. The highest BCUT2D eigenvalue weighted by Crippen LogP contribution is 2.48. The average Bonchev–Trinajstić information content (AvgIpc) is 3.87. The number of halogens is 1. The maximum absolute atomic E-state index is 12.9. The fourth-order valence-corrected chi connectivity index (χ4v) is 8.19. The summed E-state index contributed by atoms with van der Waals surface area (Å²) in [5.74, 6) is 1.54. The highest BCUT2D eigenvalue weighted by atomic mass is 35.5. The number of benzene rings is 2. The van der Waals surface area contributed by atoms with Crippen molar-refractivity contribution in [3.63, 3.8) is 0 Å². The SMILES string of the molecule is Cc1cc2c(cnn2C2CCCCO2)c(-c2cc3nc(OC[C@@H]4CCCN4C)nc(N4CCN(C(=O)OC(C)(C)C)CC4)c3c3c2CCO3)c1Cl. The summed E-state index contributed by atoms with van der Waals surface area (Å²) in [5, 5.41) is 7.36. The number of anilines is 1. The molecule has 1 amide bonds. The fraction of sp³-hybridized carbons (Fsp3) is 0.579. The Bertz CT molecular complexity index is 1960. The van der Waals surface area contributed by atoms with Crippen LogP contribution in [0.1, 0.15) is 70.2 Å². The molecule has 272 valence electrons. The number of amides is 1. The van der Waals surface area contributed by atoms with Crippen molar-refractivity contribution in [1.82, 2.24) is 29.5 Å². The number of hydrogen-bond donors (Lipinski definition) is 0. The van der Waals surface area contributed by atoms with E-state index in [9.17, 15) is 4.79 Å². The second-order valence-electron chi connectivity index (χ2n) is 15.3. The zero-order chi connectivity index (χ0) is 35.4. The first-order valence-corrected chi connectivity index (χ1v) is 18.8. The Morgan fingerprint density at radius 2 is 1.86 bits per heavy atom. The van der Waals surface area contributed by atoms with Gasteiger partial charge >= 0.3 is 12.1 Å². The smallest absolute Gasteiger partial charge is 0.410 e. The van der Waals surface area contributed by atoms with Gasteiger partial charge in [-0.1, -0.05) is 11.6 Å². The summed E-state index contributed by atoms with van der Waals surface area (Å²) in [4.78, 5) is 29.3. The van der Waals surface area contributed by atoms with E-state index in [0.29, 0.717) is 56.5 Å². The lowest BCUT2D eigenvalue weighted by molar-refractivity contribution is -0.0366. The number of piperazine rings is 1. The van der Waals surface area contributed by atoms with E-state index in [1.807, 2.05) is 38.6 Å². The van der Waals surface area contributed by atoms with E-state index >= 15 is 0 Å². The Morgan fingerprint density at radius 3 is 2.59 bits per heavy atom. The Hall–Kier alpha value is -3.87. The quantitative estimate of drug-likeness (QED) is 0.212. The molecule has 1 unspecified atom stereocenters. The molecule has 12 nitrogen and oxygen atoms in total. The van der Waals surface area contributed by atoms with Crippen molar-refractivity contribution < 1.29 is 23.7 Å². The summed E-state index contributed by atoms with van der Waals surface area (Å²) >= 11 is 7.23. The summed E-state index contributed by atoms with van der Waals surface area (Å²) in [6.07, 6.45) is 7.59. The number of hydrogen-bond acceptors (Lipinski definition) is 10. The molecular weight excluding hydrogens is 670 g/mol. The molecule has 2 aromatic carbocycles. The highest BCUT2D eigenvalue weighted by Gasteiger charge is 2.33. The lowest BCUT2D eigenvalue weighted by Crippen LogP contribution is -2.50. The lowest BCUT2D eigenvalue weighted by Gasteiger charge is -2.36. The second kappa shape index (κ2) is 13.6. The van der Waals surface area contributed by atoms with Gasteiger partial charge in [0, 0.05) is 61.8 Å². The molecule has 4 aliphatic heterocycles. The van der Waals surface area contributed by atoms with Crippen molar-refractivity contribution in [3.05, 3.63) is 34.5 Å². The predicted molar refractivity (Wildman–Crippen MR) is 197 cm³/mol. The number of ether oxygens (including phenoxy) is 4. The average molecular weight is 718 g/mol. The van der Waals surface area contributed by atoms with Crippen LogP contribution in [0.4, 0.5) is 10.6 Å². The third-order valence-corrected chi connectivity index (χ3v) is 11.1. The van der Waals surface area contributed by atoms with Gasteiger partial charge in [-0.25, -0.2) is 9.48 Å². The molecule has 0 bridgehead atoms. The van der Waals surface area contributed by atoms with E-state index in [-0.39, 0.29) is 12.3 Å². The Kier molecular flexibility index (Phi) is 9.12. The zero-order valence-corrected chi connectivity index (χ0v) is 31.1. The maximum atomic E-state index is 12.9. The van der Waals surface area contributed by atoms with Crippen molar-refractivity contribution in [3.8, 4) is 22.9 Å². The van der Waals surface area contributed by atoms with Crippen LogP contribution in [-0.2, 0) is 15.9 Å². The summed E-state index contributed by atoms with van der Waals surface area (Å²) in [5.41, 5.74) is 5.14. The van der Waals surface area contributed by atoms with Crippen LogP contribution in [0.2, 0.25) is 5.02 Å². The number of carbonyl (C=O) groups excluding carboxylic acids is 1. The number of aromatic nitrogens is 4. The van der Waals surface area contributed by atoms with Crippen LogP contribution < -0.4 is 14.4 Å². The van der Waals surface area contributed by atoms with Gasteiger partial charge in [-0.15, -0.1) is 0 Å². The van der Waals surface area contributed by atoms with Crippen molar-refractivity contribution in [2.24, 2.45) is 0 Å². The third-order valence-electron chi connectivity index (χ3n) is 10.6. The molecule has 8 rings (SSSR count). The van der Waals surface area contributed by atoms with Gasteiger partial charge in [0.05, 0.1) is 34.2 Å². The monoisotopic (exact) mass is 717 g/mol. The van der Waals surface area contributed by atoms with Crippen LogP contribution in [0.25, 0.3) is 32.9 Å². The van der Waals surface area contributed by atoms with Crippen molar-refractivity contribution in [2.75, 3.05) is 64.5 Å². The maximum Gasteiger partial charge on any atom is 0.410 e. The molecule has 0 N–H and O–H groups in total. The number of likely N-dealkylation sites (N-methyl/N-ethyl adjacent to an activating group) is 1. The molecule has 51 heavy (non-hydrogen) atoms. The Morgan fingerprint density at radius 1 is 1.04 bits per heavy atom. The number of rotatable bonds is 6. The van der Waals surface area contributed by atoms with E-state index < -0.39 is 5.60 Å². The molecule has 0 spiro atoms. The second-order valence-corrected chi connectivity index (χ2v) is 15.7. The molecule has 0 saturated carbocycles. The summed E-state index contributed by atoms with van der Waals surface area (Å²) in [7, 11) is 2.14. The molecule has 2 aromatic heterocycles. The minimum Gasteiger partial charge on any atom is -0.492 e. The van der Waals surface area contributed by atoms with Gasteiger partial charge in [0.1, 0.15) is 23.8 Å². The lowest BCUT2D eigenvalue weighted by atomic mass is 9.92. The molecule has 3 fully saturated rings. The number of aryl methyl sites for hydroxylation is 1. The van der Waals surface area contributed by atoms with Crippen LogP contribution in [0.3, 0.4) is 0 Å². The minimum absolute atomic E-state index is 0.0972. The zero-order valence-electron chi connectivity index (χ0n) is 30.3. The Balaban J connectivity index is 1.23. The van der Waals surface area contributed by atoms with Crippen LogP contribution in [0.5, 0.6) is 11.8 Å². The van der Waals surface area contributed by atoms with Crippen LogP contribution >= 0.6 is 11.6 Å². The van der Waals surface area contributed by atoms with Gasteiger partial charge < -0.3 is 33.6 Å². The van der Waals surface area contributed by atoms with Crippen molar-refractivity contribution in [1.29, 1.82) is 0 Å². The molecule has 0 aliphatic carbocycles. The van der Waals surface area contributed by atoms with Crippen LogP contribution in [0.15, 0.2) is 18.3 Å². The molecule has 6 heterocycles. The van der Waals surface area contributed by atoms with Gasteiger partial charge in [-0.05, 0) is 96.7 Å². The van der Waals surface area contributed by atoms with Crippen molar-refractivity contribution in [2.45, 2.75) is 84.1 Å². The molecule has 4 aliphatic rings. The molecular formula is C38H48ClN7O5. The predicted octanol–water partition coefficient (Wildman–Crippen LogP) is 6.77. The summed E-state index contributed by atoms with van der Waals surface area (Å²) in [6, 6.07) is 4.90. The summed E-state index contributed by atoms with van der Waals surface area (Å²) < 4.78 is 26.7. The van der Waals surface area contributed by atoms with E-state index in [2.05, 4.69) is 29.0 Å². The molecule has 0 radical (unpaired) electrons. The summed E-state index contributed by atoms with van der Waals surface area (Å²) in [6.45, 7) is 12.7.